The molecule has 0 aliphatic carbocycles. The van der Waals surface area contributed by atoms with E-state index in [1.807, 2.05) is 18.2 Å². The number of fused-ring (bicyclic) bond motifs is 1. The second kappa shape index (κ2) is 5.98. The maximum Gasteiger partial charge on any atom is 0.264 e. The normalized spacial score (nSPS) is 13.9. The fraction of sp³-hybridized carbons (Fsp3) is 0.125. The van der Waals surface area contributed by atoms with Crippen molar-refractivity contribution in [3.63, 3.8) is 0 Å². The van der Waals surface area contributed by atoms with Crippen molar-refractivity contribution in [2.45, 2.75) is 11.3 Å². The van der Waals surface area contributed by atoms with Gasteiger partial charge in [-0.15, -0.1) is 10.2 Å². The van der Waals surface area contributed by atoms with E-state index in [1.54, 1.807) is 12.1 Å². The van der Waals surface area contributed by atoms with E-state index in [0.29, 0.717) is 28.8 Å². The van der Waals surface area contributed by atoms with Gasteiger partial charge in [-0.2, -0.15) is 0 Å². The number of nitrogen functional groups attached to an aromatic ring is 1. The van der Waals surface area contributed by atoms with Crippen molar-refractivity contribution in [1.29, 1.82) is 0 Å². The van der Waals surface area contributed by atoms with Crippen LogP contribution < -0.4 is 10.0 Å². The largest absolute Gasteiger partial charge is 0.374 e. The van der Waals surface area contributed by atoms with Gasteiger partial charge in [0.25, 0.3) is 10.0 Å². The van der Waals surface area contributed by atoms with Crippen LogP contribution in [0.3, 0.4) is 0 Å². The van der Waals surface area contributed by atoms with Crippen molar-refractivity contribution >= 4 is 43.8 Å². The molecule has 0 spiro atoms. The van der Waals surface area contributed by atoms with Gasteiger partial charge in [0, 0.05) is 17.1 Å². The van der Waals surface area contributed by atoms with Crippen LogP contribution in [0.5, 0.6) is 0 Å². The molecule has 25 heavy (non-hydrogen) atoms. The Bertz CT molecular complexity index is 1050. The molecule has 2 aromatic carbocycles. The molecule has 9 heteroatoms. The Balaban J connectivity index is 1.71. The third kappa shape index (κ3) is 2.86. The molecule has 1 aliphatic heterocycles. The first kappa shape index (κ1) is 16.3. The van der Waals surface area contributed by atoms with Crippen LogP contribution in [0.2, 0.25) is 5.02 Å². The van der Waals surface area contributed by atoms with Crippen LogP contribution in [-0.4, -0.2) is 25.2 Å². The van der Waals surface area contributed by atoms with Gasteiger partial charge in [-0.3, -0.25) is 4.31 Å². The summed E-state index contributed by atoms with van der Waals surface area (Å²) in [6.45, 7) is 0.405. The van der Waals surface area contributed by atoms with Gasteiger partial charge in [-0.05, 0) is 54.4 Å². The topological polar surface area (TPSA) is 89.2 Å². The summed E-state index contributed by atoms with van der Waals surface area (Å²) in [5.74, 6) is 0. The zero-order chi connectivity index (χ0) is 17.6. The van der Waals surface area contributed by atoms with Gasteiger partial charge < -0.3 is 5.73 Å². The van der Waals surface area contributed by atoms with Crippen LogP contribution in [0.15, 0.2) is 47.4 Å². The van der Waals surface area contributed by atoms with Gasteiger partial charge >= 0.3 is 0 Å². The minimum atomic E-state index is -3.61. The molecule has 0 atom stereocenters. The molecule has 2 N–H and O–H groups in total. The SMILES string of the molecule is Nc1nnc(-c2ccc3c(c2)CCN3S(=O)(=O)c2ccc(Cl)cc2)s1. The van der Waals surface area contributed by atoms with E-state index in [1.165, 1.54) is 27.8 Å². The summed E-state index contributed by atoms with van der Waals surface area (Å²) < 4.78 is 27.3. The van der Waals surface area contributed by atoms with Crippen molar-refractivity contribution in [2.75, 3.05) is 16.6 Å². The average Bonchev–Trinajstić information content (AvgIpc) is 3.21. The zero-order valence-corrected chi connectivity index (χ0v) is 15.3. The first-order valence-electron chi connectivity index (χ1n) is 7.46. The number of benzene rings is 2. The highest BCUT2D eigenvalue weighted by Crippen LogP contribution is 2.36. The predicted octanol–water partition coefficient (Wildman–Crippen LogP) is 3.19. The first-order chi connectivity index (χ1) is 11.9. The molecule has 1 aliphatic rings. The van der Waals surface area contributed by atoms with Crippen molar-refractivity contribution in [2.24, 2.45) is 0 Å². The summed E-state index contributed by atoms with van der Waals surface area (Å²) in [6, 6.07) is 11.8. The maximum absolute atomic E-state index is 12.9. The Hall–Kier alpha value is -2.16. The minimum Gasteiger partial charge on any atom is -0.374 e. The molecule has 3 aromatic rings. The molecule has 0 saturated heterocycles. The number of anilines is 2. The molecular weight excluding hydrogens is 380 g/mol. The fourth-order valence-corrected chi connectivity index (χ4v) is 5.07. The van der Waals surface area contributed by atoms with Gasteiger partial charge in [0.2, 0.25) is 5.13 Å². The Kier molecular flexibility index (Phi) is 3.90. The third-order valence-electron chi connectivity index (χ3n) is 4.02. The summed E-state index contributed by atoms with van der Waals surface area (Å²) >= 11 is 7.15. The van der Waals surface area contributed by atoms with E-state index in [9.17, 15) is 8.42 Å². The number of hydrogen-bond donors (Lipinski definition) is 1. The molecule has 6 nitrogen and oxygen atoms in total. The van der Waals surface area contributed by atoms with Crippen molar-refractivity contribution in [3.8, 4) is 10.6 Å². The zero-order valence-electron chi connectivity index (χ0n) is 12.9. The molecule has 0 amide bonds. The Morgan fingerprint density at radius 1 is 1.12 bits per heavy atom. The smallest absolute Gasteiger partial charge is 0.264 e. The number of sulfonamides is 1. The van der Waals surface area contributed by atoms with Gasteiger partial charge in [-0.1, -0.05) is 22.9 Å². The molecule has 128 valence electrons. The number of nitrogens with two attached hydrogens (primary N) is 1. The Labute approximate surface area is 153 Å². The van der Waals surface area contributed by atoms with Gasteiger partial charge in [-0.25, -0.2) is 8.42 Å². The fourth-order valence-electron chi connectivity index (χ4n) is 2.84. The van der Waals surface area contributed by atoms with E-state index in [4.69, 9.17) is 17.3 Å². The summed E-state index contributed by atoms with van der Waals surface area (Å²) in [7, 11) is -3.61. The van der Waals surface area contributed by atoms with E-state index in [2.05, 4.69) is 10.2 Å². The highest BCUT2D eigenvalue weighted by molar-refractivity contribution is 7.92. The lowest BCUT2D eigenvalue weighted by molar-refractivity contribution is 0.592. The quantitative estimate of drug-likeness (QED) is 0.739. The molecule has 0 unspecified atom stereocenters. The molecule has 2 heterocycles. The van der Waals surface area contributed by atoms with E-state index in [0.717, 1.165) is 16.1 Å². The number of nitrogens with zero attached hydrogens (tertiary/aromatic N) is 3. The first-order valence-corrected chi connectivity index (χ1v) is 10.1. The van der Waals surface area contributed by atoms with Crippen molar-refractivity contribution < 1.29 is 8.42 Å². The van der Waals surface area contributed by atoms with Crippen molar-refractivity contribution in [1.82, 2.24) is 10.2 Å². The lowest BCUT2D eigenvalue weighted by atomic mass is 10.1. The van der Waals surface area contributed by atoms with E-state index < -0.39 is 10.0 Å². The van der Waals surface area contributed by atoms with Crippen molar-refractivity contribution in [3.05, 3.63) is 53.1 Å². The monoisotopic (exact) mass is 392 g/mol. The Morgan fingerprint density at radius 3 is 2.56 bits per heavy atom. The van der Waals surface area contributed by atoms with E-state index >= 15 is 0 Å². The average molecular weight is 393 g/mol. The lowest BCUT2D eigenvalue weighted by Gasteiger charge is -2.19. The second-order valence-corrected chi connectivity index (χ2v) is 8.88. The molecule has 0 radical (unpaired) electrons. The Morgan fingerprint density at radius 2 is 1.88 bits per heavy atom. The number of halogens is 1. The van der Waals surface area contributed by atoms with Gasteiger partial charge in [0.1, 0.15) is 5.01 Å². The number of rotatable bonds is 3. The standard InChI is InChI=1S/C16H13ClN4O2S2/c17-12-2-4-13(5-3-12)25(22,23)21-8-7-10-9-11(1-6-14(10)21)15-19-20-16(18)24-15/h1-6,9H,7-8H2,(H2,18,20). The highest BCUT2D eigenvalue weighted by atomic mass is 35.5. The number of hydrogen-bond acceptors (Lipinski definition) is 6. The van der Waals surface area contributed by atoms with Crippen LogP contribution in [-0.2, 0) is 16.4 Å². The molecular formula is C16H13ClN4O2S2. The molecule has 0 bridgehead atoms. The second-order valence-electron chi connectivity index (χ2n) is 5.57. The maximum atomic E-state index is 12.9. The van der Waals surface area contributed by atoms with Gasteiger partial charge in [0.05, 0.1) is 10.6 Å². The highest BCUT2D eigenvalue weighted by Gasteiger charge is 2.31. The van der Waals surface area contributed by atoms with Crippen LogP contribution in [0.25, 0.3) is 10.6 Å². The molecule has 4 rings (SSSR count). The summed E-state index contributed by atoms with van der Waals surface area (Å²) in [5.41, 5.74) is 8.17. The molecule has 0 fully saturated rings. The summed E-state index contributed by atoms with van der Waals surface area (Å²) in [4.78, 5) is 0.228. The molecule has 1 aromatic heterocycles. The summed E-state index contributed by atoms with van der Waals surface area (Å²) in [5, 5.41) is 9.48. The molecule has 0 saturated carbocycles. The summed E-state index contributed by atoms with van der Waals surface area (Å²) in [6.07, 6.45) is 0.643. The lowest BCUT2D eigenvalue weighted by Crippen LogP contribution is -2.29. The van der Waals surface area contributed by atoms with Crippen LogP contribution in [0, 0.1) is 0 Å². The van der Waals surface area contributed by atoms with Crippen LogP contribution in [0.4, 0.5) is 10.8 Å². The minimum absolute atomic E-state index is 0.228. The van der Waals surface area contributed by atoms with Gasteiger partial charge in [0.15, 0.2) is 0 Å². The van der Waals surface area contributed by atoms with E-state index in [-0.39, 0.29) is 4.90 Å². The van der Waals surface area contributed by atoms with Crippen LogP contribution in [0.1, 0.15) is 5.56 Å². The van der Waals surface area contributed by atoms with Crippen LogP contribution >= 0.6 is 22.9 Å². The third-order valence-corrected chi connectivity index (χ3v) is 6.90. The predicted molar refractivity (Wildman–Crippen MR) is 99.4 cm³/mol. The number of aromatic nitrogens is 2.